The average Bonchev–Trinajstić information content (AvgIpc) is 2.70. The van der Waals surface area contributed by atoms with Gasteiger partial charge in [0.15, 0.2) is 5.78 Å². The molecule has 0 amide bonds. The van der Waals surface area contributed by atoms with Gasteiger partial charge >= 0.3 is 0 Å². The molecule has 1 N–H and O–H groups in total. The van der Waals surface area contributed by atoms with Crippen molar-refractivity contribution in [3.8, 4) is 0 Å². The molecule has 26 heavy (non-hydrogen) atoms. The highest BCUT2D eigenvalue weighted by molar-refractivity contribution is 6.16. The van der Waals surface area contributed by atoms with E-state index in [1.54, 1.807) is 54.7 Å². The number of carbonyl (C=O) groups excluding carboxylic acids is 2. The predicted octanol–water partition coefficient (Wildman–Crippen LogP) is 4.45. The Morgan fingerprint density at radius 1 is 0.846 bits per heavy atom. The standard InChI is InChI=1S/C22H18N2O2/c1-16-9-8-14-23-22(16)24-19(21(26)18-12-6-3-7-13-18)15-20(25)17-10-4-2-5-11-17/h2-15H,1H3,(H,23,24)/b19-15+. The first kappa shape index (κ1) is 17.3. The van der Waals surface area contributed by atoms with E-state index in [-0.39, 0.29) is 17.3 Å². The second-order valence-electron chi connectivity index (χ2n) is 5.78. The van der Waals surface area contributed by atoms with Crippen molar-refractivity contribution >= 4 is 17.4 Å². The van der Waals surface area contributed by atoms with Gasteiger partial charge in [0.25, 0.3) is 0 Å². The normalized spacial score (nSPS) is 11.0. The molecule has 3 rings (SSSR count). The summed E-state index contributed by atoms with van der Waals surface area (Å²) < 4.78 is 0. The van der Waals surface area contributed by atoms with E-state index >= 15 is 0 Å². The zero-order valence-corrected chi connectivity index (χ0v) is 14.3. The van der Waals surface area contributed by atoms with Crippen LogP contribution in [0.2, 0.25) is 0 Å². The van der Waals surface area contributed by atoms with Gasteiger partial charge in [0.1, 0.15) is 5.82 Å². The molecule has 0 unspecified atom stereocenters. The van der Waals surface area contributed by atoms with Crippen LogP contribution in [0, 0.1) is 6.92 Å². The summed E-state index contributed by atoms with van der Waals surface area (Å²) in [6.45, 7) is 1.89. The molecule has 4 heteroatoms. The van der Waals surface area contributed by atoms with Gasteiger partial charge in [-0.05, 0) is 18.6 Å². The average molecular weight is 342 g/mol. The molecule has 1 aromatic heterocycles. The fourth-order valence-electron chi connectivity index (χ4n) is 2.46. The number of nitrogens with zero attached hydrogens (tertiary/aromatic N) is 1. The zero-order valence-electron chi connectivity index (χ0n) is 14.3. The third-order valence-corrected chi connectivity index (χ3v) is 3.88. The number of benzene rings is 2. The van der Waals surface area contributed by atoms with Crippen molar-refractivity contribution in [3.63, 3.8) is 0 Å². The Morgan fingerprint density at radius 3 is 2.08 bits per heavy atom. The first-order valence-electron chi connectivity index (χ1n) is 8.24. The van der Waals surface area contributed by atoms with Crippen molar-refractivity contribution in [2.75, 3.05) is 5.32 Å². The van der Waals surface area contributed by atoms with Crippen LogP contribution in [0.25, 0.3) is 0 Å². The minimum absolute atomic E-state index is 0.187. The Labute approximate surface area is 152 Å². The number of aryl methyl sites for hydroxylation is 1. The number of carbonyl (C=O) groups is 2. The summed E-state index contributed by atoms with van der Waals surface area (Å²) in [6, 6.07) is 21.4. The molecule has 0 spiro atoms. The third-order valence-electron chi connectivity index (χ3n) is 3.88. The first-order valence-corrected chi connectivity index (χ1v) is 8.24. The minimum atomic E-state index is -0.264. The van der Waals surface area contributed by atoms with E-state index in [2.05, 4.69) is 10.3 Å². The van der Waals surface area contributed by atoms with Gasteiger partial charge in [-0.1, -0.05) is 66.7 Å². The molecule has 0 aliphatic rings. The number of ketones is 2. The molecule has 1 heterocycles. The second-order valence-corrected chi connectivity index (χ2v) is 5.78. The quantitative estimate of drug-likeness (QED) is 0.531. The lowest BCUT2D eigenvalue weighted by molar-refractivity contribution is 0.101. The van der Waals surface area contributed by atoms with E-state index < -0.39 is 0 Å². The summed E-state index contributed by atoms with van der Waals surface area (Å²) in [4.78, 5) is 29.8. The van der Waals surface area contributed by atoms with Crippen LogP contribution in [0.5, 0.6) is 0 Å². The van der Waals surface area contributed by atoms with Gasteiger partial charge < -0.3 is 5.32 Å². The van der Waals surface area contributed by atoms with Gasteiger partial charge in [0.05, 0.1) is 5.70 Å². The van der Waals surface area contributed by atoms with Crippen molar-refractivity contribution in [1.29, 1.82) is 0 Å². The molecule has 0 saturated carbocycles. The van der Waals surface area contributed by atoms with Crippen molar-refractivity contribution in [3.05, 3.63) is 107 Å². The number of rotatable bonds is 6. The molecule has 4 nitrogen and oxygen atoms in total. The summed E-state index contributed by atoms with van der Waals surface area (Å²) in [6.07, 6.45) is 2.97. The molecule has 0 fully saturated rings. The van der Waals surface area contributed by atoms with Crippen molar-refractivity contribution < 1.29 is 9.59 Å². The van der Waals surface area contributed by atoms with E-state index in [1.165, 1.54) is 6.08 Å². The van der Waals surface area contributed by atoms with Gasteiger partial charge in [-0.15, -0.1) is 0 Å². The molecule has 0 aliphatic carbocycles. The first-order chi connectivity index (χ1) is 12.6. The highest BCUT2D eigenvalue weighted by Crippen LogP contribution is 2.16. The monoisotopic (exact) mass is 342 g/mol. The molecule has 0 bridgehead atoms. The van der Waals surface area contributed by atoms with Crippen LogP contribution in [0.4, 0.5) is 5.82 Å². The maximum Gasteiger partial charge on any atom is 0.209 e. The van der Waals surface area contributed by atoms with Gasteiger partial charge in [-0.2, -0.15) is 0 Å². The molecule has 128 valence electrons. The van der Waals surface area contributed by atoms with Gasteiger partial charge in [-0.25, -0.2) is 4.98 Å². The van der Waals surface area contributed by atoms with Crippen LogP contribution in [-0.4, -0.2) is 16.6 Å². The number of hydrogen-bond acceptors (Lipinski definition) is 4. The lowest BCUT2D eigenvalue weighted by Crippen LogP contribution is -2.15. The lowest BCUT2D eigenvalue weighted by Gasteiger charge is -2.11. The lowest BCUT2D eigenvalue weighted by atomic mass is 10.0. The molecule has 0 atom stereocenters. The molecule has 3 aromatic rings. The number of pyridine rings is 1. The molecule has 0 aliphatic heterocycles. The van der Waals surface area contributed by atoms with Gasteiger partial charge in [0.2, 0.25) is 5.78 Å². The topological polar surface area (TPSA) is 59.1 Å². The summed E-state index contributed by atoms with van der Waals surface area (Å²) >= 11 is 0. The van der Waals surface area contributed by atoms with E-state index in [4.69, 9.17) is 0 Å². The maximum atomic E-state index is 12.9. The molecular weight excluding hydrogens is 324 g/mol. The van der Waals surface area contributed by atoms with Gasteiger partial charge in [-0.3, -0.25) is 9.59 Å². The molecule has 0 radical (unpaired) electrons. The summed E-state index contributed by atoms with van der Waals surface area (Å²) in [5, 5.41) is 3.03. The maximum absolute atomic E-state index is 12.9. The van der Waals surface area contributed by atoms with Crippen LogP contribution < -0.4 is 5.32 Å². The minimum Gasteiger partial charge on any atom is -0.337 e. The number of hydrogen-bond donors (Lipinski definition) is 1. The van der Waals surface area contributed by atoms with Crippen LogP contribution in [0.1, 0.15) is 26.3 Å². The Kier molecular flexibility index (Phi) is 5.34. The predicted molar refractivity (Wildman–Crippen MR) is 102 cm³/mol. The van der Waals surface area contributed by atoms with E-state index in [0.717, 1.165) is 5.56 Å². The second kappa shape index (κ2) is 8.03. The largest absolute Gasteiger partial charge is 0.337 e. The van der Waals surface area contributed by atoms with Crippen molar-refractivity contribution in [1.82, 2.24) is 4.98 Å². The van der Waals surface area contributed by atoms with E-state index in [9.17, 15) is 9.59 Å². The van der Waals surface area contributed by atoms with Crippen LogP contribution >= 0.6 is 0 Å². The Hall–Kier alpha value is -3.53. The fraction of sp³-hybridized carbons (Fsp3) is 0.0455. The van der Waals surface area contributed by atoms with E-state index in [1.807, 2.05) is 31.2 Å². The number of nitrogens with one attached hydrogen (secondary N) is 1. The van der Waals surface area contributed by atoms with Gasteiger partial charge in [0, 0.05) is 23.4 Å². The van der Waals surface area contributed by atoms with Crippen LogP contribution in [0.15, 0.2) is 90.8 Å². The van der Waals surface area contributed by atoms with Crippen LogP contribution in [0.3, 0.4) is 0 Å². The smallest absolute Gasteiger partial charge is 0.209 e. The van der Waals surface area contributed by atoms with Crippen molar-refractivity contribution in [2.45, 2.75) is 6.92 Å². The Bertz CT molecular complexity index is 948. The Balaban J connectivity index is 1.98. The number of allylic oxidation sites excluding steroid dienone is 2. The summed E-state index contributed by atoms with van der Waals surface area (Å²) in [5.74, 6) is 0.0368. The SMILES string of the molecule is Cc1cccnc1N/C(=C/C(=O)c1ccccc1)C(=O)c1ccccc1. The molecule has 2 aromatic carbocycles. The summed E-state index contributed by atoms with van der Waals surface area (Å²) in [7, 11) is 0. The molecular formula is C22H18N2O2. The highest BCUT2D eigenvalue weighted by Gasteiger charge is 2.16. The number of Topliss-reactive ketones (excluding diaryl/α,β-unsaturated/α-hetero) is 1. The highest BCUT2D eigenvalue weighted by atomic mass is 16.1. The third kappa shape index (κ3) is 4.11. The summed E-state index contributed by atoms with van der Waals surface area (Å²) in [5.41, 5.74) is 2.09. The fourth-order valence-corrected chi connectivity index (χ4v) is 2.46. The van der Waals surface area contributed by atoms with E-state index in [0.29, 0.717) is 16.9 Å². The number of anilines is 1. The van der Waals surface area contributed by atoms with Crippen molar-refractivity contribution in [2.24, 2.45) is 0 Å². The number of aromatic nitrogens is 1. The van der Waals surface area contributed by atoms with Crippen LogP contribution in [-0.2, 0) is 0 Å². The molecule has 0 saturated heterocycles. The zero-order chi connectivity index (χ0) is 18.4. The Morgan fingerprint density at radius 2 is 1.46 bits per heavy atom.